The number of Topliss-reactive ketones (excluding diaryl/α,β-unsaturated/α-hetero) is 1. The second-order valence-electron chi connectivity index (χ2n) is 9.84. The topological polar surface area (TPSA) is 129 Å². The van der Waals surface area contributed by atoms with Crippen molar-refractivity contribution in [2.75, 3.05) is 5.32 Å². The van der Waals surface area contributed by atoms with Crippen molar-refractivity contribution < 1.29 is 9.59 Å². The number of fused-ring (bicyclic) bond motifs is 2. The highest BCUT2D eigenvalue weighted by Gasteiger charge is 2.18. The summed E-state index contributed by atoms with van der Waals surface area (Å²) in [6.45, 7) is 1.57. The van der Waals surface area contributed by atoms with Gasteiger partial charge in [0.25, 0.3) is 0 Å². The van der Waals surface area contributed by atoms with Crippen LogP contribution in [0.25, 0.3) is 55.3 Å². The van der Waals surface area contributed by atoms with Crippen LogP contribution in [0.3, 0.4) is 0 Å². The summed E-state index contributed by atoms with van der Waals surface area (Å²) in [5.41, 5.74) is 7.57. The molecule has 2 aromatic carbocycles. The van der Waals surface area contributed by atoms with E-state index in [9.17, 15) is 9.59 Å². The number of imidazole rings is 1. The molecule has 1 amide bonds. The van der Waals surface area contributed by atoms with E-state index < -0.39 is 0 Å². The lowest BCUT2D eigenvalue weighted by Crippen LogP contribution is -2.14. The molecule has 0 aliphatic rings. The van der Waals surface area contributed by atoms with E-state index in [0.717, 1.165) is 38.1 Å². The normalized spacial score (nSPS) is 11.3. The predicted octanol–water partition coefficient (Wildman–Crippen LogP) is 6.68. The van der Waals surface area contributed by atoms with Crippen molar-refractivity contribution in [2.45, 2.75) is 13.3 Å². The molecule has 7 aromatic rings. The molecular formula is C32H23N7O2S. The number of para-hydroxylation sites is 1. The number of ketones is 1. The van der Waals surface area contributed by atoms with Crippen molar-refractivity contribution in [1.29, 1.82) is 0 Å². The minimum atomic E-state index is -0.120. The van der Waals surface area contributed by atoms with Gasteiger partial charge in [-0.3, -0.25) is 19.7 Å². The largest absolute Gasteiger partial charge is 0.336 e. The van der Waals surface area contributed by atoms with E-state index in [1.54, 1.807) is 19.3 Å². The number of pyridine rings is 2. The highest BCUT2D eigenvalue weighted by molar-refractivity contribution is 7.17. The summed E-state index contributed by atoms with van der Waals surface area (Å²) in [6.07, 6.45) is 3.61. The third-order valence-corrected chi connectivity index (χ3v) is 8.11. The fraction of sp³-hybridized carbons (Fsp3) is 0.0625. The number of carbonyl (C=O) groups is 2. The molecule has 204 valence electrons. The molecule has 0 atom stereocenters. The number of aromatic nitrogens is 6. The van der Waals surface area contributed by atoms with Gasteiger partial charge in [0, 0.05) is 22.2 Å². The summed E-state index contributed by atoms with van der Waals surface area (Å²) < 4.78 is 0. The highest BCUT2D eigenvalue weighted by Crippen LogP contribution is 2.35. The van der Waals surface area contributed by atoms with E-state index in [4.69, 9.17) is 9.97 Å². The number of amides is 1. The maximum absolute atomic E-state index is 12.6. The lowest BCUT2D eigenvalue weighted by molar-refractivity contribution is -0.115. The monoisotopic (exact) mass is 569 g/mol. The van der Waals surface area contributed by atoms with E-state index >= 15 is 0 Å². The number of nitrogens with zero attached hydrogens (tertiary/aromatic N) is 4. The molecule has 9 nitrogen and oxygen atoms in total. The van der Waals surface area contributed by atoms with E-state index in [-0.39, 0.29) is 18.1 Å². The summed E-state index contributed by atoms with van der Waals surface area (Å²) in [4.78, 5) is 43.7. The number of carbonyl (C=O) groups excluding carboxylic acids is 2. The van der Waals surface area contributed by atoms with Crippen LogP contribution in [0.5, 0.6) is 0 Å². The number of aromatic amines is 2. The van der Waals surface area contributed by atoms with Crippen LogP contribution in [0.4, 0.5) is 5.69 Å². The Morgan fingerprint density at radius 2 is 1.76 bits per heavy atom. The first-order valence-electron chi connectivity index (χ1n) is 13.3. The third-order valence-electron chi connectivity index (χ3n) is 6.89. The van der Waals surface area contributed by atoms with Crippen LogP contribution >= 0.6 is 11.3 Å². The lowest BCUT2D eigenvalue weighted by atomic mass is 10.1. The second-order valence-corrected chi connectivity index (χ2v) is 10.9. The summed E-state index contributed by atoms with van der Waals surface area (Å²) in [7, 11) is 0. The smallest absolute Gasteiger partial charge is 0.228 e. The van der Waals surface area contributed by atoms with Gasteiger partial charge in [-0.05, 0) is 48.9 Å². The molecule has 5 heterocycles. The van der Waals surface area contributed by atoms with Gasteiger partial charge in [0.2, 0.25) is 5.91 Å². The van der Waals surface area contributed by atoms with Crippen molar-refractivity contribution in [2.24, 2.45) is 0 Å². The van der Waals surface area contributed by atoms with Gasteiger partial charge in [-0.15, -0.1) is 11.3 Å². The molecule has 0 spiro atoms. The zero-order valence-electron chi connectivity index (χ0n) is 22.4. The molecule has 5 aromatic heterocycles. The number of hydrogen-bond donors (Lipinski definition) is 3. The molecule has 0 radical (unpaired) electrons. The van der Waals surface area contributed by atoms with Crippen LogP contribution < -0.4 is 5.32 Å². The molecule has 42 heavy (non-hydrogen) atoms. The Labute approximate surface area is 243 Å². The van der Waals surface area contributed by atoms with Gasteiger partial charge in [0.15, 0.2) is 17.3 Å². The summed E-state index contributed by atoms with van der Waals surface area (Å²) in [6, 6.07) is 25.0. The van der Waals surface area contributed by atoms with Crippen LogP contribution in [0, 0.1) is 0 Å². The number of rotatable bonds is 7. The Hall–Kier alpha value is -5.48. The molecule has 0 saturated heterocycles. The molecule has 10 heteroatoms. The van der Waals surface area contributed by atoms with E-state index in [1.165, 1.54) is 11.3 Å². The zero-order chi connectivity index (χ0) is 28.6. The molecule has 0 fully saturated rings. The minimum absolute atomic E-state index is 0.0429. The fourth-order valence-electron chi connectivity index (χ4n) is 4.87. The van der Waals surface area contributed by atoms with Gasteiger partial charge >= 0.3 is 0 Å². The minimum Gasteiger partial charge on any atom is -0.336 e. The number of hydrogen-bond acceptors (Lipinski definition) is 7. The summed E-state index contributed by atoms with van der Waals surface area (Å²) in [5, 5.41) is 10.5. The fourth-order valence-corrected chi connectivity index (χ4v) is 5.80. The lowest BCUT2D eigenvalue weighted by Gasteiger charge is -2.07. The van der Waals surface area contributed by atoms with Crippen molar-refractivity contribution >= 4 is 50.8 Å². The second kappa shape index (κ2) is 10.5. The standard InChI is InChI=1S/C32H23N7O2S/c1-18(40)26-12-13-27(42-26)22-8-5-9-24-29(22)37-32(36-24)31-30-25(38-39-31)11-10-23(35-30)20-15-21(17-33-16-20)34-28(41)14-19-6-3-2-4-7-19/h2-13,15-17H,14H2,1H3,(H,34,41)(H,36,37)(H,38,39). The van der Waals surface area contributed by atoms with Crippen molar-refractivity contribution in [1.82, 2.24) is 30.1 Å². The molecule has 7 rings (SSSR count). The highest BCUT2D eigenvalue weighted by atomic mass is 32.1. The van der Waals surface area contributed by atoms with E-state index in [1.807, 2.05) is 78.9 Å². The average molecular weight is 570 g/mol. The van der Waals surface area contributed by atoms with Gasteiger partial charge in [-0.25, -0.2) is 9.97 Å². The van der Waals surface area contributed by atoms with Gasteiger partial charge in [-0.2, -0.15) is 5.10 Å². The third kappa shape index (κ3) is 4.84. The average Bonchev–Trinajstić information content (AvgIpc) is 3.75. The molecule has 0 aliphatic heterocycles. The van der Waals surface area contributed by atoms with Crippen molar-refractivity contribution in [3.63, 3.8) is 0 Å². The van der Waals surface area contributed by atoms with Crippen LogP contribution in [0.15, 0.2) is 91.3 Å². The van der Waals surface area contributed by atoms with Gasteiger partial charge in [0.1, 0.15) is 5.52 Å². The van der Waals surface area contributed by atoms with E-state index in [2.05, 4.69) is 25.5 Å². The summed E-state index contributed by atoms with van der Waals surface area (Å²) in [5.74, 6) is 0.503. The van der Waals surface area contributed by atoms with Crippen LogP contribution in [-0.4, -0.2) is 41.8 Å². The first-order valence-corrected chi connectivity index (χ1v) is 14.1. The maximum Gasteiger partial charge on any atom is 0.228 e. The molecule has 0 unspecified atom stereocenters. The maximum atomic E-state index is 12.6. The molecule has 0 aliphatic carbocycles. The summed E-state index contributed by atoms with van der Waals surface area (Å²) >= 11 is 1.45. The first kappa shape index (κ1) is 25.5. The number of anilines is 1. The number of thiophene rings is 1. The predicted molar refractivity (Wildman–Crippen MR) is 164 cm³/mol. The van der Waals surface area contributed by atoms with Crippen LogP contribution in [-0.2, 0) is 11.2 Å². The van der Waals surface area contributed by atoms with Gasteiger partial charge in [-0.1, -0.05) is 42.5 Å². The first-order chi connectivity index (χ1) is 20.5. The molecule has 3 N–H and O–H groups in total. The number of H-pyrrole nitrogens is 2. The SMILES string of the molecule is CC(=O)c1ccc(-c2cccc3[nH]c(-c4n[nH]c5ccc(-c6cncc(NC(=O)Cc7ccccc7)c6)nc45)nc23)s1. The van der Waals surface area contributed by atoms with E-state index in [0.29, 0.717) is 33.3 Å². The number of benzene rings is 2. The van der Waals surface area contributed by atoms with Crippen molar-refractivity contribution in [3.8, 4) is 33.2 Å². The Balaban J connectivity index is 1.21. The Kier molecular flexibility index (Phi) is 6.37. The Bertz CT molecular complexity index is 2110. The Morgan fingerprint density at radius 1 is 0.881 bits per heavy atom. The van der Waals surface area contributed by atoms with Crippen LogP contribution in [0.1, 0.15) is 22.2 Å². The van der Waals surface area contributed by atoms with Crippen LogP contribution in [0.2, 0.25) is 0 Å². The molecular weight excluding hydrogens is 546 g/mol. The zero-order valence-corrected chi connectivity index (χ0v) is 23.2. The number of nitrogens with one attached hydrogen (secondary N) is 3. The van der Waals surface area contributed by atoms with Gasteiger partial charge in [0.05, 0.1) is 45.4 Å². The molecule has 0 bridgehead atoms. The Morgan fingerprint density at radius 3 is 2.60 bits per heavy atom. The quantitative estimate of drug-likeness (QED) is 0.184. The molecule has 0 saturated carbocycles. The van der Waals surface area contributed by atoms with Gasteiger partial charge < -0.3 is 10.3 Å². The van der Waals surface area contributed by atoms with Crippen molar-refractivity contribution in [3.05, 3.63) is 102 Å².